The summed E-state index contributed by atoms with van der Waals surface area (Å²) in [4.78, 5) is 12.0. The first-order valence-electron chi connectivity index (χ1n) is 8.45. The van der Waals surface area contributed by atoms with Crippen molar-refractivity contribution in [2.75, 3.05) is 13.2 Å². The van der Waals surface area contributed by atoms with Gasteiger partial charge in [0.1, 0.15) is 0 Å². The summed E-state index contributed by atoms with van der Waals surface area (Å²) in [6, 6.07) is 10.5. The molecule has 3 atom stereocenters. The number of carbonyl (C=O) groups is 1. The Labute approximate surface area is 132 Å². The second-order valence-electron chi connectivity index (χ2n) is 6.58. The van der Waals surface area contributed by atoms with Gasteiger partial charge in [-0.15, -0.1) is 0 Å². The summed E-state index contributed by atoms with van der Waals surface area (Å²) in [6.45, 7) is 3.55. The van der Waals surface area contributed by atoms with Gasteiger partial charge in [0.25, 0.3) is 0 Å². The molecule has 1 heterocycles. The van der Waals surface area contributed by atoms with E-state index in [2.05, 4.69) is 29.7 Å². The van der Waals surface area contributed by atoms with Crippen LogP contribution in [0.1, 0.15) is 44.3 Å². The van der Waals surface area contributed by atoms with Crippen molar-refractivity contribution in [3.8, 4) is 0 Å². The summed E-state index contributed by atoms with van der Waals surface area (Å²) in [5, 5.41) is 6.10. The molecule has 22 heavy (non-hydrogen) atoms. The zero-order valence-corrected chi connectivity index (χ0v) is 13.3. The average molecular weight is 302 g/mol. The summed E-state index contributed by atoms with van der Waals surface area (Å²) >= 11 is 0. The minimum Gasteiger partial charge on any atom is -0.373 e. The second kappa shape index (κ2) is 7.14. The maximum Gasteiger partial charge on any atom is 0.315 e. The Morgan fingerprint density at radius 3 is 2.73 bits per heavy atom. The van der Waals surface area contributed by atoms with Crippen LogP contribution in [-0.4, -0.2) is 25.2 Å². The summed E-state index contributed by atoms with van der Waals surface area (Å²) in [5.41, 5.74) is 1.20. The highest BCUT2D eigenvalue weighted by Crippen LogP contribution is 2.34. The normalized spacial score (nSPS) is 26.2. The largest absolute Gasteiger partial charge is 0.373 e. The number of hydrogen-bond acceptors (Lipinski definition) is 2. The summed E-state index contributed by atoms with van der Waals surface area (Å²) < 4.78 is 5.86. The van der Waals surface area contributed by atoms with E-state index in [1.54, 1.807) is 0 Å². The third-order valence-electron chi connectivity index (χ3n) is 5.08. The highest BCUT2D eigenvalue weighted by molar-refractivity contribution is 5.74. The van der Waals surface area contributed by atoms with Crippen molar-refractivity contribution in [1.82, 2.24) is 10.6 Å². The molecular formula is C18H26N2O2. The molecule has 0 bridgehead atoms. The zero-order chi connectivity index (χ0) is 15.4. The Kier molecular flexibility index (Phi) is 4.98. The van der Waals surface area contributed by atoms with E-state index in [0.29, 0.717) is 18.4 Å². The molecule has 1 saturated heterocycles. The van der Waals surface area contributed by atoms with Gasteiger partial charge in [0.2, 0.25) is 0 Å². The van der Waals surface area contributed by atoms with E-state index >= 15 is 0 Å². The molecule has 2 aliphatic rings. The molecule has 1 aromatic carbocycles. The lowest BCUT2D eigenvalue weighted by molar-refractivity contribution is 0.0909. The Morgan fingerprint density at radius 1 is 1.27 bits per heavy atom. The van der Waals surface area contributed by atoms with Gasteiger partial charge in [0.05, 0.1) is 6.10 Å². The van der Waals surface area contributed by atoms with Crippen molar-refractivity contribution < 1.29 is 9.53 Å². The van der Waals surface area contributed by atoms with Crippen LogP contribution in [0.3, 0.4) is 0 Å². The molecule has 2 amide bonds. The molecular weight excluding hydrogens is 276 g/mol. The van der Waals surface area contributed by atoms with Gasteiger partial charge in [-0.3, -0.25) is 0 Å². The topological polar surface area (TPSA) is 50.4 Å². The van der Waals surface area contributed by atoms with Crippen LogP contribution in [0.2, 0.25) is 0 Å². The maximum atomic E-state index is 12.0. The Balaban J connectivity index is 1.47. The Hall–Kier alpha value is -1.55. The first kappa shape index (κ1) is 15.3. The molecule has 2 fully saturated rings. The number of hydrogen-bond donors (Lipinski definition) is 2. The number of amides is 2. The molecule has 0 radical (unpaired) electrons. The van der Waals surface area contributed by atoms with Gasteiger partial charge in [-0.1, -0.05) is 36.8 Å². The number of rotatable bonds is 5. The smallest absolute Gasteiger partial charge is 0.315 e. The van der Waals surface area contributed by atoms with E-state index < -0.39 is 0 Å². The van der Waals surface area contributed by atoms with Crippen LogP contribution < -0.4 is 10.6 Å². The monoisotopic (exact) mass is 302 g/mol. The van der Waals surface area contributed by atoms with Crippen molar-refractivity contribution in [2.24, 2.45) is 11.8 Å². The molecule has 3 rings (SSSR count). The predicted octanol–water partition coefficient (Wildman–Crippen LogP) is 3.25. The van der Waals surface area contributed by atoms with Gasteiger partial charge in [-0.05, 0) is 37.7 Å². The van der Waals surface area contributed by atoms with Crippen LogP contribution in [-0.2, 0) is 4.74 Å². The standard InChI is InChI=1S/C18H26N2O2/c1-13(14-8-5-9-14)20-18(21)19-12-16-10-11-22-17(16)15-6-3-2-4-7-15/h2-4,6-7,13-14,16-17H,5,8-12H2,1H3,(H2,19,20,21)/t13?,16-,17-/m1/s1. The maximum absolute atomic E-state index is 12.0. The fourth-order valence-corrected chi connectivity index (χ4v) is 3.39. The molecule has 4 nitrogen and oxygen atoms in total. The van der Waals surface area contributed by atoms with Crippen LogP contribution in [0, 0.1) is 11.8 Å². The van der Waals surface area contributed by atoms with E-state index in [9.17, 15) is 4.79 Å². The number of carbonyl (C=O) groups excluding carboxylic acids is 1. The SMILES string of the molecule is CC(NC(=O)NC[C@H]1CCO[C@@H]1c1ccccc1)C1CCC1. The molecule has 120 valence electrons. The fraction of sp³-hybridized carbons (Fsp3) is 0.611. The van der Waals surface area contributed by atoms with Gasteiger partial charge >= 0.3 is 6.03 Å². The second-order valence-corrected chi connectivity index (χ2v) is 6.58. The molecule has 1 aliphatic heterocycles. The molecule has 1 aromatic rings. The number of nitrogens with one attached hydrogen (secondary N) is 2. The van der Waals surface area contributed by atoms with E-state index in [1.807, 2.05) is 18.2 Å². The summed E-state index contributed by atoms with van der Waals surface area (Å²) in [7, 11) is 0. The van der Waals surface area contributed by atoms with Crippen molar-refractivity contribution >= 4 is 6.03 Å². The lowest BCUT2D eigenvalue weighted by Gasteiger charge is -2.32. The lowest BCUT2D eigenvalue weighted by atomic mass is 9.80. The minimum atomic E-state index is -0.0434. The van der Waals surface area contributed by atoms with Crippen molar-refractivity contribution in [3.05, 3.63) is 35.9 Å². The predicted molar refractivity (Wildman–Crippen MR) is 86.6 cm³/mol. The third kappa shape index (κ3) is 3.61. The van der Waals surface area contributed by atoms with Crippen LogP contribution in [0.15, 0.2) is 30.3 Å². The first-order valence-corrected chi connectivity index (χ1v) is 8.45. The van der Waals surface area contributed by atoms with E-state index in [1.165, 1.54) is 24.8 Å². The summed E-state index contributed by atoms with van der Waals surface area (Å²) in [5.74, 6) is 1.02. The highest BCUT2D eigenvalue weighted by Gasteiger charge is 2.30. The van der Waals surface area contributed by atoms with Gasteiger partial charge in [-0.2, -0.15) is 0 Å². The van der Waals surface area contributed by atoms with Crippen molar-refractivity contribution in [1.29, 1.82) is 0 Å². The molecule has 1 aliphatic carbocycles. The van der Waals surface area contributed by atoms with Gasteiger partial charge in [-0.25, -0.2) is 4.79 Å². The van der Waals surface area contributed by atoms with Crippen LogP contribution >= 0.6 is 0 Å². The highest BCUT2D eigenvalue weighted by atomic mass is 16.5. The first-order chi connectivity index (χ1) is 10.7. The molecule has 0 spiro atoms. The quantitative estimate of drug-likeness (QED) is 0.877. The molecule has 2 N–H and O–H groups in total. The lowest BCUT2D eigenvalue weighted by Crippen LogP contribution is -2.46. The van der Waals surface area contributed by atoms with Gasteiger partial charge < -0.3 is 15.4 Å². The zero-order valence-electron chi connectivity index (χ0n) is 13.3. The number of benzene rings is 1. The molecule has 0 aromatic heterocycles. The fourth-order valence-electron chi connectivity index (χ4n) is 3.39. The van der Waals surface area contributed by atoms with Gasteiger partial charge in [0, 0.05) is 25.1 Å². The average Bonchev–Trinajstić information content (AvgIpc) is 2.92. The number of ether oxygens (including phenoxy) is 1. The van der Waals surface area contributed by atoms with Crippen LogP contribution in [0.25, 0.3) is 0 Å². The van der Waals surface area contributed by atoms with E-state index in [0.717, 1.165) is 13.0 Å². The molecule has 4 heteroatoms. The Bertz CT molecular complexity index is 487. The molecule has 1 saturated carbocycles. The Morgan fingerprint density at radius 2 is 2.05 bits per heavy atom. The van der Waals surface area contributed by atoms with Gasteiger partial charge in [0.15, 0.2) is 0 Å². The van der Waals surface area contributed by atoms with E-state index in [-0.39, 0.29) is 18.2 Å². The minimum absolute atomic E-state index is 0.0434. The number of urea groups is 1. The summed E-state index contributed by atoms with van der Waals surface area (Å²) in [6.07, 6.45) is 4.89. The van der Waals surface area contributed by atoms with Crippen LogP contribution in [0.5, 0.6) is 0 Å². The van der Waals surface area contributed by atoms with Crippen molar-refractivity contribution in [2.45, 2.75) is 44.8 Å². The third-order valence-corrected chi connectivity index (χ3v) is 5.08. The molecule has 1 unspecified atom stereocenters. The van der Waals surface area contributed by atoms with Crippen LogP contribution in [0.4, 0.5) is 4.79 Å². The van der Waals surface area contributed by atoms with Crippen molar-refractivity contribution in [3.63, 3.8) is 0 Å². The van der Waals surface area contributed by atoms with E-state index in [4.69, 9.17) is 4.74 Å².